The van der Waals surface area contributed by atoms with Crippen LogP contribution in [0.3, 0.4) is 0 Å². The van der Waals surface area contributed by atoms with Crippen molar-refractivity contribution in [2.24, 2.45) is 5.73 Å². The molecule has 0 radical (unpaired) electrons. The van der Waals surface area contributed by atoms with Gasteiger partial charge < -0.3 is 10.3 Å². The van der Waals surface area contributed by atoms with Crippen LogP contribution >= 0.6 is 0 Å². The van der Waals surface area contributed by atoms with Gasteiger partial charge >= 0.3 is 0 Å². The van der Waals surface area contributed by atoms with Crippen molar-refractivity contribution in [1.29, 1.82) is 0 Å². The summed E-state index contributed by atoms with van der Waals surface area (Å²) in [5.74, 6) is 0. The number of rotatable bonds is 3. The highest BCUT2D eigenvalue weighted by Gasteiger charge is 2.20. The highest BCUT2D eigenvalue weighted by molar-refractivity contribution is 5.81. The molecule has 0 spiro atoms. The molecule has 0 amide bonds. The third-order valence-electron chi connectivity index (χ3n) is 3.92. The van der Waals surface area contributed by atoms with Crippen LogP contribution in [0.2, 0.25) is 0 Å². The summed E-state index contributed by atoms with van der Waals surface area (Å²) < 4.78 is 2.55. The first-order chi connectivity index (χ1) is 8.40. The van der Waals surface area contributed by atoms with Crippen molar-refractivity contribution in [2.75, 3.05) is 6.54 Å². The zero-order valence-electron chi connectivity index (χ0n) is 10.2. The van der Waals surface area contributed by atoms with Crippen LogP contribution < -0.4 is 5.73 Å². The second kappa shape index (κ2) is 4.53. The zero-order valence-corrected chi connectivity index (χ0v) is 10.2. The van der Waals surface area contributed by atoms with Crippen LogP contribution in [0, 0.1) is 0 Å². The maximum Gasteiger partial charge on any atom is 0.0485 e. The van der Waals surface area contributed by atoms with E-state index in [4.69, 9.17) is 5.73 Å². The number of nitrogens with two attached hydrogens (primary N) is 1. The molecule has 1 aromatic carbocycles. The van der Waals surface area contributed by atoms with Crippen LogP contribution in [0.4, 0.5) is 0 Å². The number of hydrogen-bond donors (Lipinski definition) is 1. The molecule has 0 bridgehead atoms. The van der Waals surface area contributed by atoms with Crippen molar-refractivity contribution in [3.63, 3.8) is 0 Å². The summed E-state index contributed by atoms with van der Waals surface area (Å²) in [5, 5.41) is 1.36. The van der Waals surface area contributed by atoms with Gasteiger partial charge in [0.15, 0.2) is 0 Å². The molecule has 1 heterocycles. The molecule has 1 aromatic heterocycles. The molecule has 0 saturated heterocycles. The lowest BCUT2D eigenvalue weighted by Gasteiger charge is -2.17. The molecule has 3 rings (SSSR count). The van der Waals surface area contributed by atoms with E-state index in [9.17, 15) is 0 Å². The minimum atomic E-state index is 0.705. The Bertz CT molecular complexity index is 507. The molecule has 1 aliphatic rings. The van der Waals surface area contributed by atoms with E-state index < -0.39 is 0 Å². The van der Waals surface area contributed by atoms with E-state index in [-0.39, 0.29) is 0 Å². The molecule has 2 heteroatoms. The van der Waals surface area contributed by atoms with Gasteiger partial charge in [-0.05, 0) is 43.3 Å². The number of para-hydroxylation sites is 1. The summed E-state index contributed by atoms with van der Waals surface area (Å²) in [6, 6.07) is 11.7. The zero-order chi connectivity index (χ0) is 11.7. The number of aromatic nitrogens is 1. The first-order valence-electron chi connectivity index (χ1n) is 6.69. The Hall–Kier alpha value is -1.28. The van der Waals surface area contributed by atoms with Crippen LogP contribution in [0.5, 0.6) is 0 Å². The topological polar surface area (TPSA) is 30.9 Å². The highest BCUT2D eigenvalue weighted by atomic mass is 15.0. The minimum Gasteiger partial charge on any atom is -0.341 e. The highest BCUT2D eigenvalue weighted by Crippen LogP contribution is 2.34. The summed E-state index contributed by atoms with van der Waals surface area (Å²) in [7, 11) is 0. The molecule has 0 atom stereocenters. The van der Waals surface area contributed by atoms with Crippen LogP contribution in [0.25, 0.3) is 10.9 Å². The Labute approximate surface area is 102 Å². The van der Waals surface area contributed by atoms with Crippen molar-refractivity contribution in [3.8, 4) is 0 Å². The minimum absolute atomic E-state index is 0.705. The predicted octanol–water partition coefficient (Wildman–Crippen LogP) is 3.26. The van der Waals surface area contributed by atoms with Crippen LogP contribution in [0.15, 0.2) is 30.3 Å². The van der Waals surface area contributed by atoms with Crippen molar-refractivity contribution in [3.05, 3.63) is 36.0 Å². The normalized spacial score (nSPS) is 17.0. The summed E-state index contributed by atoms with van der Waals surface area (Å²) in [4.78, 5) is 0. The average Bonchev–Trinajstić information content (AvgIpc) is 2.94. The van der Waals surface area contributed by atoms with E-state index in [1.54, 1.807) is 0 Å². The van der Waals surface area contributed by atoms with Gasteiger partial charge in [0.25, 0.3) is 0 Å². The van der Waals surface area contributed by atoms with E-state index in [1.165, 1.54) is 42.3 Å². The molecule has 0 unspecified atom stereocenters. The molecule has 90 valence electrons. The van der Waals surface area contributed by atoms with Gasteiger partial charge in [0, 0.05) is 17.3 Å². The molecule has 1 fully saturated rings. The first-order valence-corrected chi connectivity index (χ1v) is 6.69. The Morgan fingerprint density at radius 1 is 1.18 bits per heavy atom. The smallest absolute Gasteiger partial charge is 0.0485 e. The van der Waals surface area contributed by atoms with E-state index in [0.29, 0.717) is 6.04 Å². The van der Waals surface area contributed by atoms with Crippen LogP contribution in [-0.4, -0.2) is 11.1 Å². The second-order valence-corrected chi connectivity index (χ2v) is 5.04. The number of hydrogen-bond acceptors (Lipinski definition) is 1. The number of fused-ring (bicyclic) bond motifs is 1. The van der Waals surface area contributed by atoms with Gasteiger partial charge in [-0.2, -0.15) is 0 Å². The van der Waals surface area contributed by atoms with Crippen molar-refractivity contribution in [1.82, 2.24) is 4.57 Å². The fraction of sp³-hybridized carbons (Fsp3) is 0.467. The van der Waals surface area contributed by atoms with Crippen molar-refractivity contribution < 1.29 is 0 Å². The Kier molecular flexibility index (Phi) is 2.89. The molecule has 1 saturated carbocycles. The molecule has 1 aliphatic carbocycles. The quantitative estimate of drug-likeness (QED) is 0.859. The van der Waals surface area contributed by atoms with Gasteiger partial charge in [0.1, 0.15) is 0 Å². The maximum atomic E-state index is 5.74. The fourth-order valence-electron chi connectivity index (χ4n) is 3.17. The van der Waals surface area contributed by atoms with E-state index in [1.807, 2.05) is 0 Å². The van der Waals surface area contributed by atoms with Crippen molar-refractivity contribution >= 4 is 10.9 Å². The Morgan fingerprint density at radius 2 is 1.94 bits per heavy atom. The lowest BCUT2D eigenvalue weighted by Crippen LogP contribution is -2.12. The summed E-state index contributed by atoms with van der Waals surface area (Å²) in [5.41, 5.74) is 8.55. The van der Waals surface area contributed by atoms with Crippen molar-refractivity contribution in [2.45, 2.75) is 38.1 Å². The summed E-state index contributed by atoms with van der Waals surface area (Å²) >= 11 is 0. The molecule has 2 N–H and O–H groups in total. The largest absolute Gasteiger partial charge is 0.341 e. The third kappa shape index (κ3) is 1.87. The van der Waals surface area contributed by atoms with Gasteiger partial charge in [-0.25, -0.2) is 0 Å². The third-order valence-corrected chi connectivity index (χ3v) is 3.92. The Morgan fingerprint density at radius 3 is 2.71 bits per heavy atom. The fourth-order valence-corrected chi connectivity index (χ4v) is 3.17. The van der Waals surface area contributed by atoms with Crippen LogP contribution in [0.1, 0.15) is 37.4 Å². The number of nitrogens with zero attached hydrogens (tertiary/aromatic N) is 1. The number of benzene rings is 1. The van der Waals surface area contributed by atoms with Gasteiger partial charge in [-0.15, -0.1) is 0 Å². The average molecular weight is 228 g/mol. The summed E-state index contributed by atoms with van der Waals surface area (Å²) in [6.07, 6.45) is 6.40. The summed E-state index contributed by atoms with van der Waals surface area (Å²) in [6.45, 7) is 0.739. The SMILES string of the molecule is NCCc1cc2ccccc2n1C1CCCC1. The molecule has 2 nitrogen and oxygen atoms in total. The van der Waals surface area contributed by atoms with E-state index in [0.717, 1.165) is 13.0 Å². The van der Waals surface area contributed by atoms with E-state index >= 15 is 0 Å². The van der Waals surface area contributed by atoms with Gasteiger partial charge in [-0.3, -0.25) is 0 Å². The van der Waals surface area contributed by atoms with E-state index in [2.05, 4.69) is 34.9 Å². The molecular weight excluding hydrogens is 208 g/mol. The maximum absolute atomic E-state index is 5.74. The standard InChI is InChI=1S/C15H20N2/c16-10-9-14-11-12-5-1-4-8-15(12)17(14)13-6-2-3-7-13/h1,4-5,8,11,13H,2-3,6-7,9-10,16H2. The Balaban J connectivity index is 2.13. The van der Waals surface area contributed by atoms with Gasteiger partial charge in [-0.1, -0.05) is 31.0 Å². The lowest BCUT2D eigenvalue weighted by molar-refractivity contribution is 0.517. The first kappa shape index (κ1) is 10.8. The molecule has 0 aliphatic heterocycles. The monoisotopic (exact) mass is 228 g/mol. The van der Waals surface area contributed by atoms with Crippen LogP contribution in [-0.2, 0) is 6.42 Å². The van der Waals surface area contributed by atoms with Gasteiger partial charge in [0.05, 0.1) is 0 Å². The lowest BCUT2D eigenvalue weighted by atomic mass is 10.2. The second-order valence-electron chi connectivity index (χ2n) is 5.04. The van der Waals surface area contributed by atoms with Gasteiger partial charge in [0.2, 0.25) is 0 Å². The molecule has 17 heavy (non-hydrogen) atoms. The molecular formula is C15H20N2. The predicted molar refractivity (Wildman–Crippen MR) is 72.2 cm³/mol. The molecule has 2 aromatic rings.